The molecule has 3 rings (SSSR count). The van der Waals surface area contributed by atoms with Crippen LogP contribution in [0.2, 0.25) is 0 Å². The van der Waals surface area contributed by atoms with Crippen molar-refractivity contribution in [1.82, 2.24) is 4.57 Å². The van der Waals surface area contributed by atoms with E-state index >= 15 is 0 Å². The summed E-state index contributed by atoms with van der Waals surface area (Å²) in [6, 6.07) is 14.9. The lowest BCUT2D eigenvalue weighted by Crippen LogP contribution is -2.02. The van der Waals surface area contributed by atoms with Crippen LogP contribution in [-0.2, 0) is 16.1 Å². The van der Waals surface area contributed by atoms with Gasteiger partial charge in [0.2, 0.25) is 0 Å². The van der Waals surface area contributed by atoms with Crippen molar-refractivity contribution in [3.63, 3.8) is 0 Å². The number of nitriles is 1. The van der Waals surface area contributed by atoms with Crippen LogP contribution in [0.15, 0.2) is 48.7 Å². The number of aromatic nitrogens is 1. The van der Waals surface area contributed by atoms with Crippen LogP contribution in [0.3, 0.4) is 0 Å². The van der Waals surface area contributed by atoms with Crippen molar-refractivity contribution in [2.75, 3.05) is 7.11 Å². The number of fused-ring (bicyclic) bond motifs is 1. The summed E-state index contributed by atoms with van der Waals surface area (Å²) in [4.78, 5) is 22.6. The molecule has 0 unspecified atom stereocenters. The van der Waals surface area contributed by atoms with Gasteiger partial charge in [0.15, 0.2) is 0 Å². The molecule has 0 aliphatic carbocycles. The molecule has 25 heavy (non-hydrogen) atoms. The van der Waals surface area contributed by atoms with Gasteiger partial charge in [0.05, 0.1) is 24.3 Å². The highest BCUT2D eigenvalue weighted by Gasteiger charge is 2.14. The van der Waals surface area contributed by atoms with Crippen LogP contribution in [0, 0.1) is 11.3 Å². The van der Waals surface area contributed by atoms with Crippen molar-refractivity contribution in [2.45, 2.75) is 13.0 Å². The number of hydrogen-bond acceptors (Lipinski definition) is 4. The van der Waals surface area contributed by atoms with Crippen LogP contribution in [0.25, 0.3) is 22.0 Å². The van der Waals surface area contributed by atoms with Gasteiger partial charge >= 0.3 is 5.97 Å². The first-order chi connectivity index (χ1) is 12.2. The number of aldehydes is 1. The van der Waals surface area contributed by atoms with Crippen LogP contribution >= 0.6 is 0 Å². The minimum Gasteiger partial charge on any atom is -0.465 e. The molecule has 5 nitrogen and oxygen atoms in total. The summed E-state index contributed by atoms with van der Waals surface area (Å²) in [5.74, 6) is -0.405. The number of carbonyl (C=O) groups excluding carboxylic acids is 2. The molecule has 0 saturated heterocycles. The molecule has 124 valence electrons. The molecule has 0 amide bonds. The Bertz CT molecular complexity index is 996. The summed E-state index contributed by atoms with van der Waals surface area (Å²) in [6.07, 6.45) is 3.20. The number of carbonyl (C=O) groups is 2. The van der Waals surface area contributed by atoms with Crippen LogP contribution in [0.5, 0.6) is 0 Å². The molecule has 0 N–H and O–H groups in total. The Morgan fingerprint density at radius 3 is 2.84 bits per heavy atom. The lowest BCUT2D eigenvalue weighted by Gasteiger charge is -2.04. The van der Waals surface area contributed by atoms with E-state index in [1.54, 1.807) is 18.2 Å². The van der Waals surface area contributed by atoms with E-state index in [-0.39, 0.29) is 0 Å². The molecule has 0 radical (unpaired) electrons. The fourth-order valence-electron chi connectivity index (χ4n) is 2.90. The molecule has 2 aromatic carbocycles. The lowest BCUT2D eigenvalue weighted by molar-refractivity contribution is -0.108. The molecule has 0 atom stereocenters. The van der Waals surface area contributed by atoms with Crippen LogP contribution in [0.4, 0.5) is 0 Å². The monoisotopic (exact) mass is 332 g/mol. The average Bonchev–Trinajstić information content (AvgIpc) is 3.03. The van der Waals surface area contributed by atoms with Crippen LogP contribution in [-0.4, -0.2) is 23.9 Å². The fourth-order valence-corrected chi connectivity index (χ4v) is 2.90. The predicted octanol–water partition coefficient (Wildman–Crippen LogP) is 3.56. The molecule has 0 bridgehead atoms. The highest BCUT2D eigenvalue weighted by Crippen LogP contribution is 2.32. The molecular weight excluding hydrogens is 316 g/mol. The fraction of sp³-hybridized carbons (Fsp3) is 0.150. The first-order valence-electron chi connectivity index (χ1n) is 7.83. The zero-order valence-corrected chi connectivity index (χ0v) is 13.7. The predicted molar refractivity (Wildman–Crippen MR) is 94.1 cm³/mol. The third kappa shape index (κ3) is 3.15. The van der Waals surface area contributed by atoms with E-state index in [4.69, 9.17) is 10.00 Å². The summed E-state index contributed by atoms with van der Waals surface area (Å²) in [6.45, 7) is 0.516. The molecule has 0 aliphatic rings. The Morgan fingerprint density at radius 1 is 1.28 bits per heavy atom. The molecule has 0 fully saturated rings. The first kappa shape index (κ1) is 16.5. The maximum absolute atomic E-state index is 11.8. The van der Waals surface area contributed by atoms with Crippen molar-refractivity contribution in [3.8, 4) is 17.2 Å². The maximum atomic E-state index is 11.8. The number of hydrogen-bond donors (Lipinski definition) is 0. The van der Waals surface area contributed by atoms with Crippen molar-refractivity contribution in [3.05, 3.63) is 59.8 Å². The summed E-state index contributed by atoms with van der Waals surface area (Å²) in [7, 11) is 1.34. The summed E-state index contributed by atoms with van der Waals surface area (Å²) in [5.41, 5.74) is 3.76. The number of esters is 1. The second-order valence-electron chi connectivity index (χ2n) is 5.61. The van der Waals surface area contributed by atoms with Crippen LogP contribution in [0.1, 0.15) is 22.3 Å². The van der Waals surface area contributed by atoms with E-state index in [9.17, 15) is 9.59 Å². The van der Waals surface area contributed by atoms with Crippen molar-refractivity contribution < 1.29 is 14.3 Å². The third-order valence-corrected chi connectivity index (χ3v) is 4.09. The zero-order chi connectivity index (χ0) is 17.8. The smallest absolute Gasteiger partial charge is 0.337 e. The van der Waals surface area contributed by atoms with E-state index in [1.165, 1.54) is 7.11 Å². The molecule has 1 heterocycles. The minimum absolute atomic E-state index is 0.379. The Labute approximate surface area is 145 Å². The Kier molecular flexibility index (Phi) is 4.62. The quantitative estimate of drug-likeness (QED) is 0.529. The largest absolute Gasteiger partial charge is 0.465 e. The van der Waals surface area contributed by atoms with E-state index in [0.717, 1.165) is 28.3 Å². The molecular formula is C20H16N2O3. The maximum Gasteiger partial charge on any atom is 0.337 e. The van der Waals surface area contributed by atoms with Gasteiger partial charge in [0.1, 0.15) is 6.29 Å². The molecule has 0 spiro atoms. The summed E-state index contributed by atoms with van der Waals surface area (Å²) >= 11 is 0. The third-order valence-electron chi connectivity index (χ3n) is 4.09. The topological polar surface area (TPSA) is 72.1 Å². The van der Waals surface area contributed by atoms with Gasteiger partial charge < -0.3 is 14.1 Å². The van der Waals surface area contributed by atoms with Crippen molar-refractivity contribution in [2.24, 2.45) is 0 Å². The van der Waals surface area contributed by atoms with Gasteiger partial charge in [0, 0.05) is 35.6 Å². The van der Waals surface area contributed by atoms with E-state index in [2.05, 4.69) is 6.07 Å². The molecule has 0 saturated carbocycles. The molecule has 0 aliphatic heterocycles. The van der Waals surface area contributed by atoms with Gasteiger partial charge in [-0.15, -0.1) is 0 Å². The number of benzene rings is 2. The van der Waals surface area contributed by atoms with E-state index in [1.807, 2.05) is 35.0 Å². The second-order valence-corrected chi connectivity index (χ2v) is 5.61. The Morgan fingerprint density at radius 2 is 2.12 bits per heavy atom. The molecule has 5 heteroatoms. The number of rotatable bonds is 5. The summed E-state index contributed by atoms with van der Waals surface area (Å²) in [5, 5.41) is 10.1. The van der Waals surface area contributed by atoms with E-state index in [0.29, 0.717) is 24.1 Å². The van der Waals surface area contributed by atoms with E-state index < -0.39 is 5.97 Å². The zero-order valence-electron chi connectivity index (χ0n) is 13.7. The highest BCUT2D eigenvalue weighted by molar-refractivity contribution is 6.00. The standard InChI is InChI=1S/C20H16N2O3/c1-25-20(24)16-6-7-17-18(15-5-2-4-14(10-15)12-21)13-22(8-3-9-23)19(17)11-16/h2,4-7,9-11,13H,3,8H2,1H3. The average molecular weight is 332 g/mol. The Hall–Kier alpha value is -3.39. The molecule has 1 aromatic heterocycles. The second kappa shape index (κ2) is 7.02. The van der Waals surface area contributed by atoms with Gasteiger partial charge in [-0.25, -0.2) is 4.79 Å². The van der Waals surface area contributed by atoms with Gasteiger partial charge in [-0.1, -0.05) is 18.2 Å². The number of aryl methyl sites for hydroxylation is 1. The number of nitrogens with zero attached hydrogens (tertiary/aromatic N) is 2. The first-order valence-corrected chi connectivity index (χ1v) is 7.83. The minimum atomic E-state index is -0.405. The van der Waals surface area contributed by atoms with Gasteiger partial charge in [-0.05, 0) is 29.8 Å². The lowest BCUT2D eigenvalue weighted by atomic mass is 10.0. The Balaban J connectivity index is 2.20. The SMILES string of the molecule is COC(=O)c1ccc2c(-c3cccc(C#N)c3)cn(CCC=O)c2c1. The normalized spacial score (nSPS) is 10.4. The summed E-state index contributed by atoms with van der Waals surface area (Å²) < 4.78 is 6.74. The van der Waals surface area contributed by atoms with Crippen molar-refractivity contribution in [1.29, 1.82) is 5.26 Å². The van der Waals surface area contributed by atoms with Gasteiger partial charge in [-0.2, -0.15) is 5.26 Å². The van der Waals surface area contributed by atoms with Crippen LogP contribution < -0.4 is 0 Å². The molecule has 3 aromatic rings. The van der Waals surface area contributed by atoms with Gasteiger partial charge in [0.25, 0.3) is 0 Å². The van der Waals surface area contributed by atoms with Crippen molar-refractivity contribution >= 4 is 23.2 Å². The number of ether oxygens (including phenoxy) is 1. The number of methoxy groups -OCH3 is 1. The van der Waals surface area contributed by atoms with Gasteiger partial charge in [-0.3, -0.25) is 0 Å². The highest BCUT2D eigenvalue weighted by atomic mass is 16.5.